The van der Waals surface area contributed by atoms with E-state index in [1.54, 1.807) is 6.07 Å². The molecule has 0 radical (unpaired) electrons. The fourth-order valence-electron chi connectivity index (χ4n) is 1.45. The Morgan fingerprint density at radius 2 is 2.00 bits per heavy atom. The molecule has 21 heavy (non-hydrogen) atoms. The van der Waals surface area contributed by atoms with E-state index < -0.39 is 20.0 Å². The van der Waals surface area contributed by atoms with Gasteiger partial charge in [0.05, 0.1) is 11.1 Å². The van der Waals surface area contributed by atoms with E-state index >= 15 is 0 Å². The van der Waals surface area contributed by atoms with Crippen molar-refractivity contribution in [2.45, 2.75) is 15.6 Å². The largest absolute Gasteiger partial charge is 0.252 e. The van der Waals surface area contributed by atoms with Crippen LogP contribution in [0.15, 0.2) is 39.6 Å². The minimum Gasteiger partial charge on any atom is -0.232 e. The quantitative estimate of drug-likeness (QED) is 0.814. The van der Waals surface area contributed by atoms with Crippen LogP contribution in [0.25, 0.3) is 0 Å². The first-order valence-corrected chi connectivity index (χ1v) is 9.63. The fourth-order valence-corrected chi connectivity index (χ4v) is 4.38. The van der Waals surface area contributed by atoms with E-state index in [1.807, 2.05) is 0 Å². The maximum atomic E-state index is 12.0. The first-order valence-electron chi connectivity index (χ1n) is 5.41. The summed E-state index contributed by atoms with van der Waals surface area (Å²) in [6.45, 7) is -0.0821. The number of rotatable bonds is 5. The van der Waals surface area contributed by atoms with Gasteiger partial charge in [0.15, 0.2) is 8.68 Å². The van der Waals surface area contributed by atoms with Crippen molar-refractivity contribution in [1.29, 1.82) is 0 Å². The lowest BCUT2D eigenvalue weighted by molar-refractivity contribution is 0.583. The Kier molecular flexibility index (Phi) is 4.66. The van der Waals surface area contributed by atoms with E-state index in [9.17, 15) is 16.8 Å². The van der Waals surface area contributed by atoms with Crippen molar-refractivity contribution in [2.24, 2.45) is 5.14 Å². The second-order valence-electron chi connectivity index (χ2n) is 3.95. The molecule has 114 valence electrons. The van der Waals surface area contributed by atoms with E-state index in [4.69, 9.17) is 16.7 Å². The third-order valence-electron chi connectivity index (χ3n) is 2.41. The number of hydrogen-bond donors (Lipinski definition) is 2. The van der Waals surface area contributed by atoms with Crippen molar-refractivity contribution in [3.05, 3.63) is 40.5 Å². The Labute approximate surface area is 130 Å². The Morgan fingerprint density at radius 3 is 2.57 bits per heavy atom. The Morgan fingerprint density at radius 1 is 1.29 bits per heavy atom. The number of nitrogens with zero attached hydrogens (tertiary/aromatic N) is 1. The van der Waals surface area contributed by atoms with Gasteiger partial charge in [-0.25, -0.2) is 31.7 Å². The fraction of sp³-hybridized carbons (Fsp3) is 0.100. The molecule has 2 rings (SSSR count). The third-order valence-corrected chi connectivity index (χ3v) is 6.30. The predicted octanol–water partition coefficient (Wildman–Crippen LogP) is 0.922. The lowest BCUT2D eigenvalue weighted by Crippen LogP contribution is -2.22. The van der Waals surface area contributed by atoms with Crippen LogP contribution in [0, 0.1) is 0 Å². The molecule has 1 heterocycles. The van der Waals surface area contributed by atoms with Crippen molar-refractivity contribution in [2.75, 3.05) is 0 Å². The molecule has 0 aliphatic heterocycles. The van der Waals surface area contributed by atoms with Crippen molar-refractivity contribution in [3.8, 4) is 0 Å². The molecule has 0 amide bonds. The Hall–Kier alpha value is -1.04. The number of benzene rings is 1. The van der Waals surface area contributed by atoms with Gasteiger partial charge in [-0.1, -0.05) is 35.1 Å². The number of sulfonamides is 2. The summed E-state index contributed by atoms with van der Waals surface area (Å²) >= 11 is 6.41. The number of hydrogen-bond acceptors (Lipinski definition) is 6. The van der Waals surface area contributed by atoms with Gasteiger partial charge in [-0.05, 0) is 17.7 Å². The van der Waals surface area contributed by atoms with Gasteiger partial charge < -0.3 is 0 Å². The van der Waals surface area contributed by atoms with Gasteiger partial charge in [0.2, 0.25) is 10.0 Å². The topological polar surface area (TPSA) is 119 Å². The average molecular weight is 368 g/mol. The van der Waals surface area contributed by atoms with Crippen molar-refractivity contribution in [1.82, 2.24) is 9.71 Å². The van der Waals surface area contributed by atoms with Crippen molar-refractivity contribution < 1.29 is 16.8 Å². The number of nitrogens with one attached hydrogen (secondary N) is 1. The molecule has 0 saturated heterocycles. The van der Waals surface area contributed by atoms with Crippen molar-refractivity contribution in [3.63, 3.8) is 0 Å². The van der Waals surface area contributed by atoms with E-state index in [1.165, 1.54) is 18.2 Å². The highest BCUT2D eigenvalue weighted by molar-refractivity contribution is 7.91. The van der Waals surface area contributed by atoms with Gasteiger partial charge in [-0.2, -0.15) is 0 Å². The van der Waals surface area contributed by atoms with E-state index in [0.717, 1.165) is 17.5 Å². The summed E-state index contributed by atoms with van der Waals surface area (Å²) in [5, 5.41) is 5.01. The maximum absolute atomic E-state index is 12.0. The summed E-state index contributed by atoms with van der Waals surface area (Å²) in [7, 11) is -7.58. The summed E-state index contributed by atoms with van der Waals surface area (Å²) in [6, 6.07) is 5.69. The summed E-state index contributed by atoms with van der Waals surface area (Å²) in [5.41, 5.74) is 0.459. The summed E-state index contributed by atoms with van der Waals surface area (Å²) in [4.78, 5) is 3.57. The second-order valence-corrected chi connectivity index (χ2v) is 9.12. The van der Waals surface area contributed by atoms with Crippen LogP contribution >= 0.6 is 22.9 Å². The number of thiazole rings is 1. The monoisotopic (exact) mass is 367 g/mol. The molecule has 2 aromatic rings. The Balaban J connectivity index is 2.17. The van der Waals surface area contributed by atoms with E-state index in [-0.39, 0.29) is 20.1 Å². The zero-order valence-corrected chi connectivity index (χ0v) is 13.6. The molecule has 1 aromatic heterocycles. The van der Waals surface area contributed by atoms with Crippen LogP contribution in [-0.2, 0) is 26.6 Å². The third kappa shape index (κ3) is 4.22. The molecular weight excluding hydrogens is 358 g/mol. The maximum Gasteiger partial charge on any atom is 0.252 e. The highest BCUT2D eigenvalue weighted by Gasteiger charge is 2.17. The molecule has 3 N–H and O–H groups in total. The first kappa shape index (κ1) is 16.3. The SMILES string of the molecule is NS(=O)(=O)c1cccc(CNS(=O)(=O)c2cnc(Cl)s2)c1. The summed E-state index contributed by atoms with van der Waals surface area (Å²) in [5.74, 6) is 0. The first-order chi connectivity index (χ1) is 9.68. The van der Waals surface area contributed by atoms with Crippen LogP contribution in [0.2, 0.25) is 4.47 Å². The molecule has 0 unspecified atom stereocenters. The van der Waals surface area contributed by atoms with Crippen LogP contribution in [-0.4, -0.2) is 21.8 Å². The second kappa shape index (κ2) is 5.99. The average Bonchev–Trinajstić information content (AvgIpc) is 2.83. The number of halogens is 1. The summed E-state index contributed by atoms with van der Waals surface area (Å²) < 4.78 is 48.8. The zero-order valence-electron chi connectivity index (χ0n) is 10.4. The molecular formula is C10H10ClN3O4S3. The lowest BCUT2D eigenvalue weighted by atomic mass is 10.2. The highest BCUT2D eigenvalue weighted by atomic mass is 35.5. The number of aromatic nitrogens is 1. The standard InChI is InChI=1S/C10H10ClN3O4S3/c11-10-13-6-9(19-10)21(17,18)14-5-7-2-1-3-8(4-7)20(12,15)16/h1-4,6,14H,5H2,(H2,12,15,16). The minimum absolute atomic E-state index is 0.0184. The molecule has 0 aliphatic rings. The van der Waals surface area contributed by atoms with Crippen LogP contribution in [0.5, 0.6) is 0 Å². The molecule has 11 heteroatoms. The smallest absolute Gasteiger partial charge is 0.232 e. The molecule has 0 fully saturated rings. The molecule has 0 atom stereocenters. The highest BCUT2D eigenvalue weighted by Crippen LogP contribution is 2.22. The Bertz CT molecular complexity index is 861. The predicted molar refractivity (Wildman–Crippen MR) is 79.0 cm³/mol. The normalized spacial score (nSPS) is 12.5. The number of primary sulfonamides is 1. The van der Waals surface area contributed by atoms with E-state index in [0.29, 0.717) is 5.56 Å². The molecule has 0 spiro atoms. The molecule has 0 aliphatic carbocycles. The number of nitrogens with two attached hydrogens (primary N) is 1. The molecule has 1 aromatic carbocycles. The van der Waals surface area contributed by atoms with Gasteiger partial charge in [0.25, 0.3) is 10.0 Å². The summed E-state index contributed by atoms with van der Waals surface area (Å²) in [6.07, 6.45) is 1.15. The van der Waals surface area contributed by atoms with Gasteiger partial charge in [-0.3, -0.25) is 0 Å². The van der Waals surface area contributed by atoms with Crippen molar-refractivity contribution >= 4 is 43.0 Å². The van der Waals surface area contributed by atoms with Crippen LogP contribution in [0.4, 0.5) is 0 Å². The minimum atomic E-state index is -3.83. The van der Waals surface area contributed by atoms with E-state index in [2.05, 4.69) is 9.71 Å². The lowest BCUT2D eigenvalue weighted by Gasteiger charge is -2.06. The van der Waals surface area contributed by atoms with Gasteiger partial charge >= 0.3 is 0 Å². The van der Waals surface area contributed by atoms with Crippen LogP contribution in [0.1, 0.15) is 5.56 Å². The van der Waals surface area contributed by atoms with Crippen LogP contribution in [0.3, 0.4) is 0 Å². The molecule has 0 saturated carbocycles. The van der Waals surface area contributed by atoms with Gasteiger partial charge in [-0.15, -0.1) is 0 Å². The van der Waals surface area contributed by atoms with Gasteiger partial charge in [0, 0.05) is 6.54 Å². The van der Waals surface area contributed by atoms with Crippen LogP contribution < -0.4 is 9.86 Å². The molecule has 7 nitrogen and oxygen atoms in total. The molecule has 0 bridgehead atoms. The zero-order chi connectivity index (χ0) is 15.7. The van der Waals surface area contributed by atoms with Gasteiger partial charge in [0.1, 0.15) is 0 Å².